The molecule has 0 spiro atoms. The second-order valence-electron chi connectivity index (χ2n) is 5.50. The number of nitrogens with zero attached hydrogens (tertiary/aromatic N) is 2. The van der Waals surface area contributed by atoms with Gasteiger partial charge in [0, 0.05) is 24.7 Å². The van der Waals surface area contributed by atoms with E-state index in [0.29, 0.717) is 11.3 Å². The molecule has 0 radical (unpaired) electrons. The molecule has 0 aromatic heterocycles. The number of benzene rings is 2. The predicted octanol–water partition coefficient (Wildman–Crippen LogP) is 3.76. The SMILES string of the molecule is O=C(c1ccc(Oc2ccc([N+](=O)[O-])cc2F)cc1)N1CCCC1. The van der Waals surface area contributed by atoms with Gasteiger partial charge in [-0.15, -0.1) is 0 Å². The van der Waals surface area contributed by atoms with Gasteiger partial charge in [-0.3, -0.25) is 14.9 Å². The number of carbonyl (C=O) groups is 1. The third-order valence-electron chi connectivity index (χ3n) is 3.85. The van der Waals surface area contributed by atoms with Crippen molar-refractivity contribution in [3.8, 4) is 11.5 Å². The van der Waals surface area contributed by atoms with E-state index in [2.05, 4.69) is 0 Å². The molecule has 0 atom stereocenters. The largest absolute Gasteiger partial charge is 0.454 e. The minimum atomic E-state index is -0.818. The first-order chi connectivity index (χ1) is 11.5. The Morgan fingerprint density at radius 3 is 2.38 bits per heavy atom. The van der Waals surface area contributed by atoms with Crippen molar-refractivity contribution in [1.29, 1.82) is 0 Å². The molecule has 1 fully saturated rings. The molecular formula is C17H15FN2O4. The van der Waals surface area contributed by atoms with Crippen molar-refractivity contribution in [1.82, 2.24) is 4.90 Å². The molecule has 0 unspecified atom stereocenters. The van der Waals surface area contributed by atoms with E-state index in [1.54, 1.807) is 29.2 Å². The Morgan fingerprint density at radius 1 is 1.12 bits per heavy atom. The normalized spacial score (nSPS) is 13.8. The van der Waals surface area contributed by atoms with Gasteiger partial charge in [-0.1, -0.05) is 0 Å². The van der Waals surface area contributed by atoms with Gasteiger partial charge in [0.2, 0.25) is 0 Å². The van der Waals surface area contributed by atoms with Crippen LogP contribution in [0.1, 0.15) is 23.2 Å². The van der Waals surface area contributed by atoms with Crippen molar-refractivity contribution < 1.29 is 18.8 Å². The number of likely N-dealkylation sites (tertiary alicyclic amines) is 1. The molecule has 2 aromatic rings. The summed E-state index contributed by atoms with van der Waals surface area (Å²) < 4.78 is 19.2. The zero-order valence-corrected chi connectivity index (χ0v) is 12.8. The van der Waals surface area contributed by atoms with Gasteiger partial charge in [0.15, 0.2) is 11.6 Å². The molecule has 0 aliphatic carbocycles. The molecule has 1 saturated heterocycles. The highest BCUT2D eigenvalue weighted by molar-refractivity contribution is 5.94. The Balaban J connectivity index is 1.72. The summed E-state index contributed by atoms with van der Waals surface area (Å²) in [6.07, 6.45) is 2.04. The molecule has 0 N–H and O–H groups in total. The Hall–Kier alpha value is -2.96. The number of hydrogen-bond acceptors (Lipinski definition) is 4. The van der Waals surface area contributed by atoms with Crippen LogP contribution in [0.4, 0.5) is 10.1 Å². The van der Waals surface area contributed by atoms with Crippen molar-refractivity contribution in [3.63, 3.8) is 0 Å². The van der Waals surface area contributed by atoms with Crippen LogP contribution >= 0.6 is 0 Å². The van der Waals surface area contributed by atoms with E-state index in [-0.39, 0.29) is 17.3 Å². The summed E-state index contributed by atoms with van der Waals surface area (Å²) in [6.45, 7) is 1.54. The van der Waals surface area contributed by atoms with Crippen LogP contribution in [0.3, 0.4) is 0 Å². The molecule has 1 amide bonds. The molecule has 1 aliphatic rings. The molecule has 1 aliphatic heterocycles. The minimum Gasteiger partial charge on any atom is -0.454 e. The number of hydrogen-bond donors (Lipinski definition) is 0. The Bertz CT molecular complexity index is 771. The topological polar surface area (TPSA) is 72.7 Å². The molecule has 7 heteroatoms. The molecule has 1 heterocycles. The van der Waals surface area contributed by atoms with Crippen molar-refractivity contribution in [2.24, 2.45) is 0 Å². The molecule has 0 bridgehead atoms. The second-order valence-corrected chi connectivity index (χ2v) is 5.50. The fourth-order valence-corrected chi connectivity index (χ4v) is 2.58. The van der Waals surface area contributed by atoms with Crippen LogP contribution in [0.15, 0.2) is 42.5 Å². The van der Waals surface area contributed by atoms with Crippen LogP contribution in [-0.4, -0.2) is 28.8 Å². The quantitative estimate of drug-likeness (QED) is 0.632. The van der Waals surface area contributed by atoms with Crippen LogP contribution in [0.25, 0.3) is 0 Å². The van der Waals surface area contributed by atoms with Gasteiger partial charge in [-0.05, 0) is 43.2 Å². The number of carbonyl (C=O) groups excluding carboxylic acids is 1. The van der Waals surface area contributed by atoms with Gasteiger partial charge < -0.3 is 9.64 Å². The first kappa shape index (κ1) is 15.9. The number of ether oxygens (including phenoxy) is 1. The van der Waals surface area contributed by atoms with Crippen LogP contribution in [-0.2, 0) is 0 Å². The van der Waals surface area contributed by atoms with E-state index < -0.39 is 10.7 Å². The van der Waals surface area contributed by atoms with Crippen LogP contribution in [0.2, 0.25) is 0 Å². The smallest absolute Gasteiger partial charge is 0.272 e. The average molecular weight is 330 g/mol. The van der Waals surface area contributed by atoms with Crippen molar-refractivity contribution in [2.45, 2.75) is 12.8 Å². The number of amides is 1. The standard InChI is InChI=1S/C17H15FN2O4/c18-15-11-13(20(22)23)5-8-16(15)24-14-6-3-12(4-7-14)17(21)19-9-1-2-10-19/h3-8,11H,1-2,9-10H2. The number of nitro benzene ring substituents is 1. The monoisotopic (exact) mass is 330 g/mol. The predicted molar refractivity (Wildman–Crippen MR) is 84.7 cm³/mol. The van der Waals surface area contributed by atoms with Crippen LogP contribution in [0, 0.1) is 15.9 Å². The van der Waals surface area contributed by atoms with E-state index in [1.165, 1.54) is 12.1 Å². The van der Waals surface area contributed by atoms with Crippen molar-refractivity contribution in [3.05, 3.63) is 64.0 Å². The van der Waals surface area contributed by atoms with Gasteiger partial charge in [0.1, 0.15) is 5.75 Å². The first-order valence-electron chi connectivity index (χ1n) is 7.56. The lowest BCUT2D eigenvalue weighted by Crippen LogP contribution is -2.27. The summed E-state index contributed by atoms with van der Waals surface area (Å²) in [5.41, 5.74) is 0.208. The van der Waals surface area contributed by atoms with E-state index in [0.717, 1.165) is 32.0 Å². The summed E-state index contributed by atoms with van der Waals surface area (Å²) in [5, 5.41) is 10.6. The van der Waals surface area contributed by atoms with Crippen molar-refractivity contribution in [2.75, 3.05) is 13.1 Å². The lowest BCUT2D eigenvalue weighted by Gasteiger charge is -2.15. The Labute approximate surface area is 137 Å². The molecule has 6 nitrogen and oxygen atoms in total. The van der Waals surface area contributed by atoms with Crippen molar-refractivity contribution >= 4 is 11.6 Å². The summed E-state index contributed by atoms with van der Waals surface area (Å²) in [7, 11) is 0. The lowest BCUT2D eigenvalue weighted by molar-refractivity contribution is -0.385. The number of halogens is 1. The number of non-ortho nitro benzene ring substituents is 1. The van der Waals surface area contributed by atoms with Gasteiger partial charge >= 0.3 is 0 Å². The molecule has 3 rings (SSSR count). The Kier molecular flexibility index (Phi) is 4.41. The zero-order valence-electron chi connectivity index (χ0n) is 12.8. The second kappa shape index (κ2) is 6.66. The van der Waals surface area contributed by atoms with Crippen LogP contribution < -0.4 is 4.74 Å². The first-order valence-corrected chi connectivity index (χ1v) is 7.56. The highest BCUT2D eigenvalue weighted by atomic mass is 19.1. The van der Waals surface area contributed by atoms with Gasteiger partial charge in [0.25, 0.3) is 11.6 Å². The van der Waals surface area contributed by atoms with Gasteiger partial charge in [-0.25, -0.2) is 4.39 Å². The molecule has 0 saturated carbocycles. The maximum absolute atomic E-state index is 13.8. The van der Waals surface area contributed by atoms with Gasteiger partial charge in [-0.2, -0.15) is 0 Å². The van der Waals surface area contributed by atoms with Gasteiger partial charge in [0.05, 0.1) is 11.0 Å². The summed E-state index contributed by atoms with van der Waals surface area (Å²) >= 11 is 0. The number of nitro groups is 1. The lowest BCUT2D eigenvalue weighted by atomic mass is 10.2. The molecule has 124 valence electrons. The fourth-order valence-electron chi connectivity index (χ4n) is 2.58. The maximum atomic E-state index is 13.8. The highest BCUT2D eigenvalue weighted by Gasteiger charge is 2.19. The molecule has 24 heavy (non-hydrogen) atoms. The minimum absolute atomic E-state index is 0.0273. The third kappa shape index (κ3) is 3.34. The van der Waals surface area contributed by atoms with E-state index in [9.17, 15) is 19.3 Å². The maximum Gasteiger partial charge on any atom is 0.272 e. The summed E-state index contributed by atoms with van der Waals surface area (Å²) in [6, 6.07) is 9.58. The Morgan fingerprint density at radius 2 is 1.79 bits per heavy atom. The fraction of sp³-hybridized carbons (Fsp3) is 0.235. The number of rotatable bonds is 4. The van der Waals surface area contributed by atoms with Crippen LogP contribution in [0.5, 0.6) is 11.5 Å². The summed E-state index contributed by atoms with van der Waals surface area (Å²) in [5.74, 6) is -0.609. The summed E-state index contributed by atoms with van der Waals surface area (Å²) in [4.78, 5) is 24.0. The third-order valence-corrected chi connectivity index (χ3v) is 3.85. The highest BCUT2D eigenvalue weighted by Crippen LogP contribution is 2.28. The molecule has 2 aromatic carbocycles. The van der Waals surface area contributed by atoms with E-state index in [1.807, 2.05) is 0 Å². The van der Waals surface area contributed by atoms with E-state index in [4.69, 9.17) is 4.74 Å². The molecular weight excluding hydrogens is 315 g/mol. The van der Waals surface area contributed by atoms with E-state index >= 15 is 0 Å². The zero-order chi connectivity index (χ0) is 17.1. The average Bonchev–Trinajstić information content (AvgIpc) is 3.11.